The molecular formula is C11H14N2O3. The molecule has 1 atom stereocenters. The van der Waals surface area contributed by atoms with Crippen LogP contribution in [0, 0.1) is 0 Å². The van der Waals surface area contributed by atoms with Gasteiger partial charge in [0, 0.05) is 25.0 Å². The zero-order valence-electron chi connectivity index (χ0n) is 8.85. The molecule has 0 aliphatic carbocycles. The molecule has 0 radical (unpaired) electrons. The average molecular weight is 222 g/mol. The van der Waals surface area contributed by atoms with Crippen molar-refractivity contribution in [1.29, 1.82) is 0 Å². The van der Waals surface area contributed by atoms with Gasteiger partial charge in [0.1, 0.15) is 5.56 Å². The quantitative estimate of drug-likeness (QED) is 0.738. The van der Waals surface area contributed by atoms with Gasteiger partial charge in [-0.2, -0.15) is 0 Å². The molecule has 2 rings (SSSR count). The lowest BCUT2D eigenvalue weighted by molar-refractivity contribution is 0.0676. The Hall–Kier alpha value is -1.62. The summed E-state index contributed by atoms with van der Waals surface area (Å²) < 4.78 is 0. The van der Waals surface area contributed by atoms with Crippen LogP contribution in [0.2, 0.25) is 0 Å². The monoisotopic (exact) mass is 222 g/mol. The fourth-order valence-corrected chi connectivity index (χ4v) is 2.03. The molecule has 1 aromatic rings. The highest BCUT2D eigenvalue weighted by Gasteiger charge is 2.29. The Kier molecular flexibility index (Phi) is 3.05. The molecule has 0 spiro atoms. The Morgan fingerprint density at radius 2 is 2.44 bits per heavy atom. The number of aliphatic hydroxyl groups is 1. The third-order valence-electron chi connectivity index (χ3n) is 2.90. The van der Waals surface area contributed by atoms with Crippen LogP contribution in [0.5, 0.6) is 0 Å². The van der Waals surface area contributed by atoms with Crippen molar-refractivity contribution in [3.05, 3.63) is 34.2 Å². The molecule has 1 unspecified atom stereocenters. The third-order valence-corrected chi connectivity index (χ3v) is 2.90. The number of hydrogen-bond donors (Lipinski definition) is 2. The number of aromatic nitrogens is 1. The van der Waals surface area contributed by atoms with E-state index in [4.69, 9.17) is 5.11 Å². The Bertz CT molecular complexity index is 441. The molecule has 16 heavy (non-hydrogen) atoms. The van der Waals surface area contributed by atoms with E-state index < -0.39 is 0 Å². The van der Waals surface area contributed by atoms with Gasteiger partial charge in [0.15, 0.2) is 5.43 Å². The highest BCUT2D eigenvalue weighted by atomic mass is 16.3. The molecule has 5 nitrogen and oxygen atoms in total. The number of likely N-dealkylation sites (tertiary alicyclic amines) is 1. The number of aliphatic hydroxyl groups excluding tert-OH is 1. The van der Waals surface area contributed by atoms with Gasteiger partial charge in [-0.3, -0.25) is 9.59 Å². The molecule has 2 heterocycles. The molecule has 0 bridgehead atoms. The molecule has 1 amide bonds. The van der Waals surface area contributed by atoms with Gasteiger partial charge in [0.2, 0.25) is 0 Å². The Morgan fingerprint density at radius 3 is 3.12 bits per heavy atom. The first-order chi connectivity index (χ1) is 7.74. The second-order valence-corrected chi connectivity index (χ2v) is 3.90. The molecule has 5 heteroatoms. The van der Waals surface area contributed by atoms with Gasteiger partial charge in [-0.25, -0.2) is 0 Å². The van der Waals surface area contributed by atoms with E-state index in [9.17, 15) is 9.59 Å². The summed E-state index contributed by atoms with van der Waals surface area (Å²) in [6, 6.07) is 1.18. The van der Waals surface area contributed by atoms with Crippen LogP contribution in [0.25, 0.3) is 0 Å². The van der Waals surface area contributed by atoms with E-state index in [-0.39, 0.29) is 29.5 Å². The number of pyridine rings is 1. The molecular weight excluding hydrogens is 208 g/mol. The molecule has 2 N–H and O–H groups in total. The molecule has 86 valence electrons. The van der Waals surface area contributed by atoms with E-state index in [2.05, 4.69) is 4.98 Å². The van der Waals surface area contributed by atoms with Crippen molar-refractivity contribution in [2.75, 3.05) is 13.2 Å². The van der Waals surface area contributed by atoms with E-state index in [1.807, 2.05) is 0 Å². The smallest absolute Gasteiger partial charge is 0.259 e. The fourth-order valence-electron chi connectivity index (χ4n) is 2.03. The van der Waals surface area contributed by atoms with Gasteiger partial charge >= 0.3 is 0 Å². The molecule has 0 aromatic carbocycles. The number of amides is 1. The summed E-state index contributed by atoms with van der Waals surface area (Å²) in [5, 5.41) is 9.12. The lowest BCUT2D eigenvalue weighted by Crippen LogP contribution is -2.39. The average Bonchev–Trinajstić information content (AvgIpc) is 2.77. The number of aromatic amines is 1. The van der Waals surface area contributed by atoms with E-state index in [1.54, 1.807) is 4.90 Å². The predicted molar refractivity (Wildman–Crippen MR) is 58.2 cm³/mol. The topological polar surface area (TPSA) is 73.4 Å². The maximum atomic E-state index is 12.0. The second-order valence-electron chi connectivity index (χ2n) is 3.90. The molecule has 1 saturated heterocycles. The Balaban J connectivity index is 2.26. The van der Waals surface area contributed by atoms with Crippen LogP contribution in [0.15, 0.2) is 23.3 Å². The van der Waals surface area contributed by atoms with Crippen LogP contribution in [-0.2, 0) is 0 Å². The van der Waals surface area contributed by atoms with Crippen LogP contribution in [0.1, 0.15) is 23.2 Å². The third kappa shape index (κ3) is 1.86. The zero-order valence-corrected chi connectivity index (χ0v) is 8.85. The zero-order chi connectivity index (χ0) is 11.5. The van der Waals surface area contributed by atoms with Gasteiger partial charge in [-0.15, -0.1) is 0 Å². The number of H-pyrrole nitrogens is 1. The maximum absolute atomic E-state index is 12.0. The van der Waals surface area contributed by atoms with Gasteiger partial charge in [0.25, 0.3) is 5.91 Å². The minimum atomic E-state index is -0.293. The number of nitrogens with zero attached hydrogens (tertiary/aromatic N) is 1. The lowest BCUT2D eigenvalue weighted by Gasteiger charge is -2.22. The first-order valence-electron chi connectivity index (χ1n) is 5.33. The van der Waals surface area contributed by atoms with Crippen molar-refractivity contribution in [2.45, 2.75) is 18.9 Å². The molecule has 1 fully saturated rings. The molecule has 0 saturated carbocycles. The van der Waals surface area contributed by atoms with Crippen molar-refractivity contribution in [3.8, 4) is 0 Å². The summed E-state index contributed by atoms with van der Waals surface area (Å²) in [6.45, 7) is 0.564. The van der Waals surface area contributed by atoms with Crippen molar-refractivity contribution in [3.63, 3.8) is 0 Å². The molecule has 1 aliphatic heterocycles. The summed E-state index contributed by atoms with van der Waals surface area (Å²) in [7, 11) is 0. The number of carbonyl (C=O) groups excluding carboxylic acids is 1. The number of rotatable bonds is 2. The maximum Gasteiger partial charge on any atom is 0.259 e. The van der Waals surface area contributed by atoms with Crippen molar-refractivity contribution in [2.24, 2.45) is 0 Å². The first-order valence-corrected chi connectivity index (χ1v) is 5.33. The SMILES string of the molecule is O=C(c1c[nH]ccc1=O)N1CCCC1CO. The van der Waals surface area contributed by atoms with E-state index in [0.717, 1.165) is 12.8 Å². The predicted octanol–water partition coefficient (Wildman–Crippen LogP) is -0.0282. The van der Waals surface area contributed by atoms with E-state index in [1.165, 1.54) is 18.5 Å². The van der Waals surface area contributed by atoms with Gasteiger partial charge in [-0.05, 0) is 12.8 Å². The van der Waals surface area contributed by atoms with Crippen LogP contribution in [0.4, 0.5) is 0 Å². The van der Waals surface area contributed by atoms with Crippen LogP contribution in [0.3, 0.4) is 0 Å². The van der Waals surface area contributed by atoms with Crippen molar-refractivity contribution < 1.29 is 9.90 Å². The summed E-state index contributed by atoms with van der Waals surface area (Å²) in [5.74, 6) is -0.293. The molecule has 1 aromatic heterocycles. The van der Waals surface area contributed by atoms with E-state index in [0.29, 0.717) is 6.54 Å². The highest BCUT2D eigenvalue weighted by molar-refractivity contribution is 5.94. The van der Waals surface area contributed by atoms with Gasteiger partial charge in [0.05, 0.1) is 12.6 Å². The van der Waals surface area contributed by atoms with Crippen LogP contribution >= 0.6 is 0 Å². The summed E-state index contributed by atoms with van der Waals surface area (Å²) >= 11 is 0. The van der Waals surface area contributed by atoms with Crippen molar-refractivity contribution >= 4 is 5.91 Å². The Labute approximate surface area is 92.7 Å². The van der Waals surface area contributed by atoms with Gasteiger partial charge < -0.3 is 15.0 Å². The summed E-state index contributed by atoms with van der Waals surface area (Å²) in [4.78, 5) is 27.8. The Morgan fingerprint density at radius 1 is 1.62 bits per heavy atom. The number of nitrogens with one attached hydrogen (secondary N) is 1. The minimum Gasteiger partial charge on any atom is -0.394 e. The fraction of sp³-hybridized carbons (Fsp3) is 0.455. The highest BCUT2D eigenvalue weighted by Crippen LogP contribution is 2.18. The second kappa shape index (κ2) is 4.49. The van der Waals surface area contributed by atoms with Crippen LogP contribution in [-0.4, -0.2) is 40.1 Å². The summed E-state index contributed by atoms with van der Waals surface area (Å²) in [6.07, 6.45) is 4.58. The van der Waals surface area contributed by atoms with Crippen molar-refractivity contribution in [1.82, 2.24) is 9.88 Å². The number of carbonyl (C=O) groups is 1. The largest absolute Gasteiger partial charge is 0.394 e. The first kappa shape index (κ1) is 10.9. The van der Waals surface area contributed by atoms with Crippen LogP contribution < -0.4 is 5.43 Å². The number of hydrogen-bond acceptors (Lipinski definition) is 3. The molecule has 1 aliphatic rings. The minimum absolute atomic E-state index is 0.0452. The van der Waals surface area contributed by atoms with Gasteiger partial charge in [-0.1, -0.05) is 0 Å². The normalized spacial score (nSPS) is 20.1. The lowest BCUT2D eigenvalue weighted by atomic mass is 10.2. The van der Waals surface area contributed by atoms with E-state index >= 15 is 0 Å². The summed E-state index contributed by atoms with van der Waals surface area (Å²) in [5.41, 5.74) is -0.143. The standard InChI is InChI=1S/C11H14N2O3/c14-7-8-2-1-5-13(8)11(16)9-6-12-4-3-10(9)15/h3-4,6,8,14H,1-2,5,7H2,(H,12,15).